The van der Waals surface area contributed by atoms with Gasteiger partial charge >= 0.3 is 89.8 Å². The molecule has 2 heteroatoms. The van der Waals surface area contributed by atoms with Gasteiger partial charge in [-0.1, -0.05) is 0 Å². The fourth-order valence-electron chi connectivity index (χ4n) is 2.75. The van der Waals surface area contributed by atoms with Gasteiger partial charge in [0.2, 0.25) is 0 Å². The monoisotopic (exact) mass is 196 g/mol. The van der Waals surface area contributed by atoms with E-state index in [9.17, 15) is 5.11 Å². The third-order valence-corrected chi connectivity index (χ3v) is 3.44. The van der Waals surface area contributed by atoms with E-state index in [2.05, 4.69) is 37.1 Å². The van der Waals surface area contributed by atoms with Crippen molar-refractivity contribution in [3.05, 3.63) is 46.8 Å². The van der Waals surface area contributed by atoms with Crippen LogP contribution in [0.2, 0.25) is 0 Å². The van der Waals surface area contributed by atoms with Crippen molar-refractivity contribution in [1.29, 1.82) is 0 Å². The van der Waals surface area contributed by atoms with Gasteiger partial charge in [0.1, 0.15) is 0 Å². The van der Waals surface area contributed by atoms with Crippen LogP contribution in [0.15, 0.2) is 35.7 Å². The fraction of sp³-hybridized carbons (Fsp3) is 0.308. The van der Waals surface area contributed by atoms with E-state index in [-0.39, 0.29) is 12.5 Å². The zero-order chi connectivity index (χ0) is 10.3. The average Bonchev–Trinajstić information content (AvgIpc) is 2.63. The van der Waals surface area contributed by atoms with Crippen molar-refractivity contribution < 1.29 is 5.11 Å². The Bertz CT molecular complexity index is 459. The molecule has 1 unspecified atom stereocenters. The molecule has 2 aliphatic carbocycles. The van der Waals surface area contributed by atoms with Gasteiger partial charge in [-0.2, -0.15) is 0 Å². The van der Waals surface area contributed by atoms with E-state index in [1.54, 1.807) is 0 Å². The van der Waals surface area contributed by atoms with Crippen molar-refractivity contribution in [3.63, 3.8) is 0 Å². The molecule has 0 saturated heterocycles. The number of hydrogen-bond donors (Lipinski definition) is 1. The van der Waals surface area contributed by atoms with Crippen molar-refractivity contribution in [3.8, 4) is 0 Å². The predicted octanol–water partition coefficient (Wildman–Crippen LogP) is 2.22. The molecular formula is C13H13BO. The van der Waals surface area contributed by atoms with Crippen molar-refractivity contribution in [1.82, 2.24) is 0 Å². The summed E-state index contributed by atoms with van der Waals surface area (Å²) in [5.41, 5.74) is 5.41. The van der Waals surface area contributed by atoms with E-state index < -0.39 is 0 Å². The Hall–Kier alpha value is -1.15. The second-order valence-electron chi connectivity index (χ2n) is 4.20. The Labute approximate surface area is 90.4 Å². The van der Waals surface area contributed by atoms with Crippen LogP contribution in [0.4, 0.5) is 0 Å². The van der Waals surface area contributed by atoms with E-state index >= 15 is 0 Å². The molecule has 0 aromatic carbocycles. The van der Waals surface area contributed by atoms with Crippen molar-refractivity contribution in [2.24, 2.45) is 0 Å². The van der Waals surface area contributed by atoms with Gasteiger partial charge in [0, 0.05) is 0 Å². The van der Waals surface area contributed by atoms with Gasteiger partial charge in [0.25, 0.3) is 0 Å². The standard InChI is InChI=1S/C13H13BO/c15-8-13-10-4-2-1-3-9(10)12-7-14-6-5-11(12)13/h1,3,5-7,13,15H,2,4,8H2. The molecule has 0 fully saturated rings. The molecule has 0 aliphatic heterocycles. The summed E-state index contributed by atoms with van der Waals surface area (Å²) >= 11 is 0. The molecule has 1 N–H and O–H groups in total. The second kappa shape index (κ2) is 3.46. The van der Waals surface area contributed by atoms with Crippen LogP contribution < -0.4 is 0 Å². The predicted molar refractivity (Wildman–Crippen MR) is 62.9 cm³/mol. The molecule has 0 saturated carbocycles. The average molecular weight is 196 g/mol. The normalized spacial score (nSPS) is 22.6. The van der Waals surface area contributed by atoms with Crippen molar-refractivity contribution in [2.45, 2.75) is 18.8 Å². The third kappa shape index (κ3) is 1.25. The number of hydrogen-bond acceptors (Lipinski definition) is 1. The molecule has 15 heavy (non-hydrogen) atoms. The summed E-state index contributed by atoms with van der Waals surface area (Å²) in [5.74, 6) is 4.47. The molecule has 1 atom stereocenters. The fourth-order valence-corrected chi connectivity index (χ4v) is 2.75. The van der Waals surface area contributed by atoms with E-state index in [4.69, 9.17) is 0 Å². The number of aliphatic hydroxyl groups excluding tert-OH is 1. The number of aliphatic hydroxyl groups is 1. The van der Waals surface area contributed by atoms with Crippen molar-refractivity contribution in [2.75, 3.05) is 6.61 Å². The Morgan fingerprint density at radius 2 is 2.40 bits per heavy atom. The molecule has 0 amide bonds. The van der Waals surface area contributed by atoms with Crippen LogP contribution >= 0.6 is 0 Å². The Kier molecular flexibility index (Phi) is 2.10. The van der Waals surface area contributed by atoms with Gasteiger partial charge in [-0.05, 0) is 0 Å². The second-order valence-corrected chi connectivity index (χ2v) is 4.20. The molecular weight excluding hydrogens is 183 g/mol. The van der Waals surface area contributed by atoms with Crippen LogP contribution in [-0.2, 0) is 0 Å². The minimum absolute atomic E-state index is 0.240. The third-order valence-electron chi connectivity index (χ3n) is 3.44. The molecule has 74 valence electrons. The number of rotatable bonds is 1. The molecule has 0 bridgehead atoms. The summed E-state index contributed by atoms with van der Waals surface area (Å²) in [6.45, 7) is 2.31. The first-order chi connectivity index (χ1) is 7.42. The first-order valence-electron chi connectivity index (χ1n) is 5.51. The molecule has 1 heterocycles. The first kappa shape index (κ1) is 9.11. The molecule has 1 aromatic heterocycles. The van der Waals surface area contributed by atoms with Crippen LogP contribution in [0.3, 0.4) is 0 Å². The number of fused-ring (bicyclic) bond motifs is 2. The van der Waals surface area contributed by atoms with E-state index in [0.717, 1.165) is 12.8 Å². The van der Waals surface area contributed by atoms with Crippen LogP contribution in [0.1, 0.15) is 29.9 Å². The number of allylic oxidation sites excluding steroid dienone is 3. The van der Waals surface area contributed by atoms with Crippen LogP contribution in [0.5, 0.6) is 0 Å². The quantitative estimate of drug-likeness (QED) is 0.729. The minimum atomic E-state index is 0.240. The SMILES string of the molecule is OCC1C2=C(C=CCC2)c2cbccc21. The Balaban J connectivity index is 2.20. The van der Waals surface area contributed by atoms with Gasteiger partial charge in [0.05, 0.1) is 0 Å². The van der Waals surface area contributed by atoms with Crippen LogP contribution in [0.25, 0.3) is 5.57 Å². The van der Waals surface area contributed by atoms with Gasteiger partial charge in [0.15, 0.2) is 0 Å². The Morgan fingerprint density at radius 1 is 1.47 bits per heavy atom. The molecule has 1 nitrogen and oxygen atoms in total. The van der Waals surface area contributed by atoms with Crippen molar-refractivity contribution >= 4 is 12.5 Å². The Morgan fingerprint density at radius 3 is 3.27 bits per heavy atom. The zero-order valence-corrected chi connectivity index (χ0v) is 8.61. The summed E-state index contributed by atoms with van der Waals surface area (Å²) < 4.78 is 0. The van der Waals surface area contributed by atoms with Gasteiger partial charge in [-0.15, -0.1) is 0 Å². The summed E-state index contributed by atoms with van der Waals surface area (Å²) in [4.78, 5) is 0. The van der Waals surface area contributed by atoms with Crippen LogP contribution in [-0.4, -0.2) is 18.6 Å². The molecule has 0 spiro atoms. The molecule has 2 aliphatic rings. The summed E-state index contributed by atoms with van der Waals surface area (Å²) in [5, 5.41) is 9.49. The van der Waals surface area contributed by atoms with Gasteiger partial charge < -0.3 is 0 Å². The summed E-state index contributed by atoms with van der Waals surface area (Å²) in [6.07, 6.45) is 6.66. The van der Waals surface area contributed by atoms with E-state index in [0.29, 0.717) is 0 Å². The topological polar surface area (TPSA) is 20.2 Å². The zero-order valence-electron chi connectivity index (χ0n) is 8.61. The van der Waals surface area contributed by atoms with E-state index in [1.807, 2.05) is 0 Å². The summed E-state index contributed by atoms with van der Waals surface area (Å²) in [6, 6.07) is 2.14. The maximum absolute atomic E-state index is 9.49. The molecule has 3 rings (SSSR count). The first-order valence-corrected chi connectivity index (χ1v) is 5.51. The van der Waals surface area contributed by atoms with Gasteiger partial charge in [-0.3, -0.25) is 0 Å². The van der Waals surface area contributed by atoms with Gasteiger partial charge in [-0.25, -0.2) is 0 Å². The maximum atomic E-state index is 9.49. The van der Waals surface area contributed by atoms with E-state index in [1.165, 1.54) is 22.3 Å². The summed E-state index contributed by atoms with van der Waals surface area (Å²) in [7, 11) is 0. The molecule has 1 aromatic rings. The molecule has 0 radical (unpaired) electrons. The van der Waals surface area contributed by atoms with Crippen LogP contribution in [0, 0.1) is 0 Å².